The van der Waals surface area contributed by atoms with Crippen molar-refractivity contribution in [3.63, 3.8) is 0 Å². The Morgan fingerprint density at radius 2 is 1.83 bits per heavy atom. The molecule has 0 saturated carbocycles. The van der Waals surface area contributed by atoms with Gasteiger partial charge in [0.25, 0.3) is 5.91 Å². The van der Waals surface area contributed by atoms with Crippen LogP contribution in [-0.2, 0) is 6.54 Å². The summed E-state index contributed by atoms with van der Waals surface area (Å²) in [6.45, 7) is 3.14. The zero-order chi connectivity index (χ0) is 16.9. The van der Waals surface area contributed by atoms with Gasteiger partial charge >= 0.3 is 0 Å². The fourth-order valence-electron chi connectivity index (χ4n) is 2.70. The van der Waals surface area contributed by atoms with Crippen molar-refractivity contribution < 1.29 is 9.53 Å². The lowest BCUT2D eigenvalue weighted by Gasteiger charge is -2.18. The van der Waals surface area contributed by atoms with Crippen molar-refractivity contribution in [3.05, 3.63) is 72.1 Å². The predicted octanol–water partition coefficient (Wildman–Crippen LogP) is 3.91. The van der Waals surface area contributed by atoms with Crippen LogP contribution in [0.4, 0.5) is 0 Å². The molecule has 0 aliphatic heterocycles. The number of amides is 1. The van der Waals surface area contributed by atoms with Crippen LogP contribution in [0.2, 0.25) is 0 Å². The summed E-state index contributed by atoms with van der Waals surface area (Å²) < 4.78 is 5.44. The smallest absolute Gasteiger partial charge is 0.256 e. The van der Waals surface area contributed by atoms with E-state index in [1.807, 2.05) is 55.5 Å². The number of rotatable bonds is 5. The molecule has 0 aliphatic rings. The molecule has 0 fully saturated rings. The Morgan fingerprint density at radius 1 is 1.08 bits per heavy atom. The number of hydrogen-bond donors (Lipinski definition) is 0. The van der Waals surface area contributed by atoms with Crippen molar-refractivity contribution in [3.8, 4) is 5.75 Å². The molecular weight excluding hydrogens is 300 g/mol. The molecule has 0 N–H and O–H groups in total. The quantitative estimate of drug-likeness (QED) is 0.716. The van der Waals surface area contributed by atoms with E-state index in [9.17, 15) is 4.79 Å². The second-order valence-electron chi connectivity index (χ2n) is 5.65. The molecule has 1 amide bonds. The molecule has 0 atom stereocenters. The summed E-state index contributed by atoms with van der Waals surface area (Å²) in [4.78, 5) is 18.7. The van der Waals surface area contributed by atoms with Crippen LogP contribution in [0.25, 0.3) is 10.8 Å². The first-order valence-electron chi connectivity index (χ1n) is 7.99. The summed E-state index contributed by atoms with van der Waals surface area (Å²) in [5.74, 6) is 0.807. The Bertz CT molecular complexity index is 838. The molecule has 4 nitrogen and oxygen atoms in total. The zero-order valence-electron chi connectivity index (χ0n) is 13.9. The van der Waals surface area contributed by atoms with Crippen LogP contribution in [0.1, 0.15) is 22.8 Å². The lowest BCUT2D eigenvalue weighted by Crippen LogP contribution is -2.26. The summed E-state index contributed by atoms with van der Waals surface area (Å²) in [7, 11) is 1.81. The van der Waals surface area contributed by atoms with Crippen molar-refractivity contribution in [2.24, 2.45) is 0 Å². The predicted molar refractivity (Wildman–Crippen MR) is 95.2 cm³/mol. The molecule has 2 aromatic carbocycles. The molecule has 3 aromatic rings. The van der Waals surface area contributed by atoms with Gasteiger partial charge in [0.2, 0.25) is 0 Å². The van der Waals surface area contributed by atoms with Crippen LogP contribution < -0.4 is 4.74 Å². The summed E-state index contributed by atoms with van der Waals surface area (Å²) in [6.07, 6.45) is 3.41. The molecule has 0 aliphatic carbocycles. The molecule has 0 unspecified atom stereocenters. The lowest BCUT2D eigenvalue weighted by atomic mass is 10.1. The van der Waals surface area contributed by atoms with E-state index < -0.39 is 0 Å². The molecule has 0 saturated heterocycles. The Balaban J connectivity index is 1.79. The second-order valence-corrected chi connectivity index (χ2v) is 5.65. The minimum atomic E-state index is -0.0341. The first-order chi connectivity index (χ1) is 11.7. The maximum Gasteiger partial charge on any atom is 0.256 e. The highest BCUT2D eigenvalue weighted by Gasteiger charge is 2.15. The molecule has 3 rings (SSSR count). The minimum Gasteiger partial charge on any atom is -0.494 e. The third-order valence-electron chi connectivity index (χ3n) is 3.90. The number of pyridine rings is 1. The fraction of sp³-hybridized carbons (Fsp3) is 0.200. The maximum atomic E-state index is 12.8. The van der Waals surface area contributed by atoms with Gasteiger partial charge in [-0.1, -0.05) is 36.4 Å². The van der Waals surface area contributed by atoms with Gasteiger partial charge in [-0.15, -0.1) is 0 Å². The van der Waals surface area contributed by atoms with Crippen molar-refractivity contribution in [2.45, 2.75) is 13.5 Å². The largest absolute Gasteiger partial charge is 0.494 e. The summed E-state index contributed by atoms with van der Waals surface area (Å²) in [6, 6.07) is 15.6. The highest BCUT2D eigenvalue weighted by Crippen LogP contribution is 2.19. The number of carbonyl (C=O) groups excluding carboxylic acids is 1. The number of carbonyl (C=O) groups is 1. The first kappa shape index (κ1) is 16.0. The molecular formula is C20H20N2O2. The molecule has 4 heteroatoms. The van der Waals surface area contributed by atoms with E-state index in [-0.39, 0.29) is 5.91 Å². The first-order valence-corrected chi connectivity index (χ1v) is 7.99. The summed E-state index contributed by atoms with van der Waals surface area (Å²) in [5, 5.41) is 1.90. The third kappa shape index (κ3) is 3.38. The number of nitrogens with zero attached hydrogens (tertiary/aromatic N) is 2. The van der Waals surface area contributed by atoms with E-state index in [0.717, 1.165) is 22.1 Å². The van der Waals surface area contributed by atoms with Crippen LogP contribution in [0.15, 0.2) is 60.9 Å². The summed E-state index contributed by atoms with van der Waals surface area (Å²) in [5.41, 5.74) is 1.68. The van der Waals surface area contributed by atoms with Gasteiger partial charge in [0.15, 0.2) is 0 Å². The SMILES string of the molecule is CCOc1ccc(CN(C)C(=O)c2cncc3ccccc23)cc1. The Morgan fingerprint density at radius 3 is 2.58 bits per heavy atom. The van der Waals surface area contributed by atoms with E-state index in [0.29, 0.717) is 18.7 Å². The Hall–Kier alpha value is -2.88. The van der Waals surface area contributed by atoms with E-state index in [2.05, 4.69) is 4.98 Å². The molecule has 1 aromatic heterocycles. The van der Waals surface area contributed by atoms with Crippen LogP contribution in [0.3, 0.4) is 0 Å². The average molecular weight is 320 g/mol. The zero-order valence-corrected chi connectivity index (χ0v) is 13.9. The molecule has 122 valence electrons. The van der Waals surface area contributed by atoms with Crippen molar-refractivity contribution in [2.75, 3.05) is 13.7 Å². The standard InChI is InChI=1S/C20H20N2O2/c1-3-24-17-10-8-15(9-11-17)14-22(2)20(23)19-13-21-12-16-6-4-5-7-18(16)19/h4-13H,3,14H2,1-2H3. The summed E-state index contributed by atoms with van der Waals surface area (Å²) >= 11 is 0. The lowest BCUT2D eigenvalue weighted by molar-refractivity contribution is 0.0786. The van der Waals surface area contributed by atoms with Gasteiger partial charge in [-0.2, -0.15) is 0 Å². The van der Waals surface area contributed by atoms with Crippen LogP contribution in [0.5, 0.6) is 5.75 Å². The average Bonchev–Trinajstić information content (AvgIpc) is 2.62. The van der Waals surface area contributed by atoms with Crippen molar-refractivity contribution in [1.29, 1.82) is 0 Å². The number of fused-ring (bicyclic) bond motifs is 1. The van der Waals surface area contributed by atoms with Gasteiger partial charge in [0, 0.05) is 31.4 Å². The normalized spacial score (nSPS) is 10.6. The van der Waals surface area contributed by atoms with Gasteiger partial charge in [-0.05, 0) is 30.0 Å². The maximum absolute atomic E-state index is 12.8. The molecule has 0 radical (unpaired) electrons. The van der Waals surface area contributed by atoms with Crippen molar-refractivity contribution >= 4 is 16.7 Å². The number of benzene rings is 2. The molecule has 24 heavy (non-hydrogen) atoms. The number of ether oxygens (including phenoxy) is 1. The van der Waals surface area contributed by atoms with Crippen LogP contribution in [-0.4, -0.2) is 29.4 Å². The number of hydrogen-bond acceptors (Lipinski definition) is 3. The molecule has 0 bridgehead atoms. The van der Waals surface area contributed by atoms with Crippen LogP contribution >= 0.6 is 0 Å². The highest BCUT2D eigenvalue weighted by molar-refractivity contribution is 6.06. The second kappa shape index (κ2) is 7.13. The van der Waals surface area contributed by atoms with E-state index in [4.69, 9.17) is 4.74 Å². The molecule has 1 heterocycles. The van der Waals surface area contributed by atoms with E-state index in [1.165, 1.54) is 0 Å². The van der Waals surface area contributed by atoms with E-state index in [1.54, 1.807) is 24.3 Å². The topological polar surface area (TPSA) is 42.4 Å². The monoisotopic (exact) mass is 320 g/mol. The fourth-order valence-corrected chi connectivity index (χ4v) is 2.70. The van der Waals surface area contributed by atoms with Gasteiger partial charge in [0.1, 0.15) is 5.75 Å². The van der Waals surface area contributed by atoms with Crippen molar-refractivity contribution in [1.82, 2.24) is 9.88 Å². The Kier molecular flexibility index (Phi) is 4.75. The molecule has 0 spiro atoms. The number of aromatic nitrogens is 1. The van der Waals surface area contributed by atoms with Gasteiger partial charge in [-0.3, -0.25) is 9.78 Å². The van der Waals surface area contributed by atoms with E-state index >= 15 is 0 Å². The van der Waals surface area contributed by atoms with Gasteiger partial charge in [0.05, 0.1) is 12.2 Å². The Labute approximate surface area is 141 Å². The highest BCUT2D eigenvalue weighted by atomic mass is 16.5. The van der Waals surface area contributed by atoms with Crippen LogP contribution in [0, 0.1) is 0 Å². The van der Waals surface area contributed by atoms with Gasteiger partial charge in [-0.25, -0.2) is 0 Å². The third-order valence-corrected chi connectivity index (χ3v) is 3.90. The van der Waals surface area contributed by atoms with Gasteiger partial charge < -0.3 is 9.64 Å². The minimum absolute atomic E-state index is 0.0341.